The van der Waals surface area contributed by atoms with Gasteiger partial charge in [0.2, 0.25) is 0 Å². The van der Waals surface area contributed by atoms with Gasteiger partial charge < -0.3 is 11.5 Å². The van der Waals surface area contributed by atoms with Crippen LogP contribution in [0.5, 0.6) is 0 Å². The Labute approximate surface area is 57.6 Å². The zero-order chi connectivity index (χ0) is 7.49. The minimum absolute atomic E-state index is 0.171. The number of rotatable bonds is 2. The molecule has 0 heterocycles. The molecule has 0 unspecified atom stereocenters. The molecule has 4 N–H and O–H groups in total. The van der Waals surface area contributed by atoms with Crippen molar-refractivity contribution in [1.82, 2.24) is 0 Å². The highest BCUT2D eigenvalue weighted by molar-refractivity contribution is 4.71. The molecule has 0 aromatic rings. The fourth-order valence-corrected chi connectivity index (χ4v) is 0.870. The fourth-order valence-electron chi connectivity index (χ4n) is 0.870. The molecule has 2 heteroatoms. The summed E-state index contributed by atoms with van der Waals surface area (Å²) in [7, 11) is 0. The maximum absolute atomic E-state index is 5.63. The van der Waals surface area contributed by atoms with Crippen LogP contribution < -0.4 is 11.5 Å². The van der Waals surface area contributed by atoms with Gasteiger partial charge in [0, 0.05) is 12.6 Å². The monoisotopic (exact) mass is 130 g/mol. The Hall–Kier alpha value is -0.0800. The van der Waals surface area contributed by atoms with Gasteiger partial charge in [-0.1, -0.05) is 20.8 Å². The van der Waals surface area contributed by atoms with Crippen molar-refractivity contribution < 1.29 is 0 Å². The summed E-state index contributed by atoms with van der Waals surface area (Å²) in [5.74, 6) is 0. The van der Waals surface area contributed by atoms with Gasteiger partial charge >= 0.3 is 0 Å². The van der Waals surface area contributed by atoms with Gasteiger partial charge in [0.15, 0.2) is 0 Å². The molecule has 0 amide bonds. The summed E-state index contributed by atoms with van der Waals surface area (Å²) in [6.07, 6.45) is 1.00. The van der Waals surface area contributed by atoms with Crippen LogP contribution >= 0.6 is 0 Å². The normalized spacial score (nSPS) is 15.7. The Kier molecular flexibility index (Phi) is 3.15. The van der Waals surface area contributed by atoms with E-state index in [1.807, 2.05) is 0 Å². The molecule has 0 aromatic heterocycles. The molecule has 0 fully saturated rings. The summed E-state index contributed by atoms with van der Waals surface area (Å²) in [6.45, 7) is 7.10. The SMILES string of the molecule is CC(C)(C)C[C@H](N)CN. The lowest BCUT2D eigenvalue weighted by atomic mass is 9.88. The van der Waals surface area contributed by atoms with Crippen LogP contribution in [0.1, 0.15) is 27.2 Å². The van der Waals surface area contributed by atoms with Crippen molar-refractivity contribution in [2.45, 2.75) is 33.2 Å². The Balaban J connectivity index is 3.47. The van der Waals surface area contributed by atoms with Crippen LogP contribution in [0, 0.1) is 5.41 Å². The maximum Gasteiger partial charge on any atom is 0.0168 e. The smallest absolute Gasteiger partial charge is 0.0168 e. The molecule has 0 rings (SSSR count). The first-order chi connectivity index (χ1) is 3.95. The molecule has 9 heavy (non-hydrogen) atoms. The van der Waals surface area contributed by atoms with Crippen molar-refractivity contribution >= 4 is 0 Å². The summed E-state index contributed by atoms with van der Waals surface area (Å²) in [5, 5.41) is 0. The van der Waals surface area contributed by atoms with E-state index in [0.29, 0.717) is 12.0 Å². The molecule has 0 spiro atoms. The van der Waals surface area contributed by atoms with Crippen LogP contribution in [-0.4, -0.2) is 12.6 Å². The maximum atomic E-state index is 5.63. The lowest BCUT2D eigenvalue weighted by Gasteiger charge is -2.21. The van der Waals surface area contributed by atoms with Crippen molar-refractivity contribution in [1.29, 1.82) is 0 Å². The van der Waals surface area contributed by atoms with Gasteiger partial charge in [-0.05, 0) is 11.8 Å². The Morgan fingerprint density at radius 3 is 1.89 bits per heavy atom. The second-order valence-corrected chi connectivity index (χ2v) is 3.76. The van der Waals surface area contributed by atoms with Crippen LogP contribution in [0.4, 0.5) is 0 Å². The average molecular weight is 130 g/mol. The highest BCUT2D eigenvalue weighted by Crippen LogP contribution is 2.19. The zero-order valence-corrected chi connectivity index (χ0v) is 6.65. The lowest BCUT2D eigenvalue weighted by Crippen LogP contribution is -2.33. The molecule has 0 aromatic carbocycles. The third-order valence-corrected chi connectivity index (χ3v) is 1.18. The van der Waals surface area contributed by atoms with E-state index in [2.05, 4.69) is 20.8 Å². The van der Waals surface area contributed by atoms with E-state index in [1.165, 1.54) is 0 Å². The van der Waals surface area contributed by atoms with Crippen LogP contribution in [-0.2, 0) is 0 Å². The Morgan fingerprint density at radius 1 is 1.33 bits per heavy atom. The topological polar surface area (TPSA) is 52.0 Å². The van der Waals surface area contributed by atoms with Gasteiger partial charge in [-0.3, -0.25) is 0 Å². The highest BCUT2D eigenvalue weighted by Gasteiger charge is 2.13. The number of hydrogen-bond acceptors (Lipinski definition) is 2. The lowest BCUT2D eigenvalue weighted by molar-refractivity contribution is 0.342. The summed E-state index contributed by atoms with van der Waals surface area (Å²) in [6, 6.07) is 0.171. The quantitative estimate of drug-likeness (QED) is 0.578. The molecular formula is C7H18N2. The Morgan fingerprint density at radius 2 is 1.78 bits per heavy atom. The molecule has 0 aliphatic rings. The predicted molar refractivity (Wildman–Crippen MR) is 41.1 cm³/mol. The largest absolute Gasteiger partial charge is 0.329 e. The van der Waals surface area contributed by atoms with E-state index in [0.717, 1.165) is 6.42 Å². The first-order valence-electron chi connectivity index (χ1n) is 3.41. The van der Waals surface area contributed by atoms with Crippen molar-refractivity contribution in [2.24, 2.45) is 16.9 Å². The van der Waals surface area contributed by atoms with E-state index in [4.69, 9.17) is 11.5 Å². The summed E-state index contributed by atoms with van der Waals surface area (Å²) in [4.78, 5) is 0. The van der Waals surface area contributed by atoms with E-state index in [9.17, 15) is 0 Å². The fraction of sp³-hybridized carbons (Fsp3) is 1.00. The molecule has 0 bridgehead atoms. The number of nitrogens with two attached hydrogens (primary N) is 2. The Bertz CT molecular complexity index is 73.5. The highest BCUT2D eigenvalue weighted by atomic mass is 14.7. The van der Waals surface area contributed by atoms with Gasteiger partial charge in [-0.15, -0.1) is 0 Å². The molecule has 0 saturated heterocycles. The minimum atomic E-state index is 0.171. The van der Waals surface area contributed by atoms with Crippen molar-refractivity contribution in [2.75, 3.05) is 6.54 Å². The first-order valence-corrected chi connectivity index (χ1v) is 3.41. The second kappa shape index (κ2) is 3.18. The van der Waals surface area contributed by atoms with Gasteiger partial charge in [0.1, 0.15) is 0 Å². The second-order valence-electron chi connectivity index (χ2n) is 3.76. The zero-order valence-electron chi connectivity index (χ0n) is 6.65. The predicted octanol–water partition coefficient (Wildman–Crippen LogP) is 0.709. The molecule has 0 aliphatic carbocycles. The molecular weight excluding hydrogens is 112 g/mol. The van der Waals surface area contributed by atoms with Crippen LogP contribution in [0.25, 0.3) is 0 Å². The minimum Gasteiger partial charge on any atom is -0.329 e. The van der Waals surface area contributed by atoms with Gasteiger partial charge in [0.25, 0.3) is 0 Å². The molecule has 0 aliphatic heterocycles. The summed E-state index contributed by atoms with van der Waals surface area (Å²) >= 11 is 0. The van der Waals surface area contributed by atoms with Crippen molar-refractivity contribution in [3.8, 4) is 0 Å². The third kappa shape index (κ3) is 5.80. The van der Waals surface area contributed by atoms with E-state index in [-0.39, 0.29) is 6.04 Å². The summed E-state index contributed by atoms with van der Waals surface area (Å²) in [5.41, 5.74) is 11.3. The average Bonchev–Trinajstić information content (AvgIpc) is 1.62. The van der Waals surface area contributed by atoms with Crippen LogP contribution in [0.3, 0.4) is 0 Å². The molecule has 56 valence electrons. The molecule has 1 atom stereocenters. The molecule has 0 radical (unpaired) electrons. The number of hydrogen-bond donors (Lipinski definition) is 2. The van der Waals surface area contributed by atoms with Crippen LogP contribution in [0.15, 0.2) is 0 Å². The summed E-state index contributed by atoms with van der Waals surface area (Å²) < 4.78 is 0. The van der Waals surface area contributed by atoms with E-state index in [1.54, 1.807) is 0 Å². The third-order valence-electron chi connectivity index (χ3n) is 1.18. The molecule has 0 saturated carbocycles. The van der Waals surface area contributed by atoms with Crippen molar-refractivity contribution in [3.05, 3.63) is 0 Å². The van der Waals surface area contributed by atoms with E-state index < -0.39 is 0 Å². The van der Waals surface area contributed by atoms with Gasteiger partial charge in [-0.2, -0.15) is 0 Å². The van der Waals surface area contributed by atoms with Gasteiger partial charge in [-0.25, -0.2) is 0 Å². The molecule has 2 nitrogen and oxygen atoms in total. The standard InChI is InChI=1S/C7H18N2/c1-7(2,3)4-6(9)5-8/h6H,4-5,8-9H2,1-3H3/t6-/m0/s1. The van der Waals surface area contributed by atoms with Gasteiger partial charge in [0.05, 0.1) is 0 Å². The van der Waals surface area contributed by atoms with E-state index >= 15 is 0 Å². The van der Waals surface area contributed by atoms with Crippen LogP contribution in [0.2, 0.25) is 0 Å². The van der Waals surface area contributed by atoms with Crippen molar-refractivity contribution in [3.63, 3.8) is 0 Å². The first kappa shape index (κ1) is 8.92.